The largest absolute Gasteiger partial charge is 0.309 e. The first kappa shape index (κ1) is 15.9. The van der Waals surface area contributed by atoms with Crippen molar-refractivity contribution in [3.8, 4) is 0 Å². The number of benzene rings is 1. The summed E-state index contributed by atoms with van der Waals surface area (Å²) in [5.41, 5.74) is 1.27. The molecule has 7 heteroatoms. The summed E-state index contributed by atoms with van der Waals surface area (Å²) in [4.78, 5) is 25.6. The van der Waals surface area contributed by atoms with Crippen LogP contribution < -0.4 is 5.56 Å². The molecular weight excluding hydrogens is 335 g/mol. The van der Waals surface area contributed by atoms with E-state index >= 15 is 0 Å². The Hall–Kier alpha value is -1.95. The Morgan fingerprint density at radius 3 is 2.78 bits per heavy atom. The molecule has 0 radical (unpaired) electrons. The van der Waals surface area contributed by atoms with Gasteiger partial charge in [0.25, 0.3) is 5.56 Å². The van der Waals surface area contributed by atoms with E-state index in [1.54, 1.807) is 18.3 Å². The summed E-state index contributed by atoms with van der Waals surface area (Å²) >= 11 is 12.0. The van der Waals surface area contributed by atoms with Crippen molar-refractivity contribution in [2.75, 3.05) is 7.05 Å². The second-order valence-electron chi connectivity index (χ2n) is 5.28. The van der Waals surface area contributed by atoms with Crippen LogP contribution in [0.15, 0.2) is 41.3 Å². The molecule has 0 spiro atoms. The SMILES string of the molecule is CN(Cc1nc2ccccc2c(=O)[nH]1)Cc1ncc(Cl)cc1Cl. The Morgan fingerprint density at radius 2 is 2.00 bits per heavy atom. The molecule has 2 aromatic heterocycles. The molecular formula is C16H14Cl2N4O. The van der Waals surface area contributed by atoms with Gasteiger partial charge < -0.3 is 4.98 Å². The lowest BCUT2D eigenvalue weighted by molar-refractivity contribution is 0.307. The molecule has 1 N–H and O–H groups in total. The minimum Gasteiger partial charge on any atom is -0.309 e. The third-order valence-corrected chi connectivity index (χ3v) is 3.92. The summed E-state index contributed by atoms with van der Waals surface area (Å²) in [7, 11) is 1.90. The Morgan fingerprint density at radius 1 is 1.22 bits per heavy atom. The van der Waals surface area contributed by atoms with Gasteiger partial charge in [-0.05, 0) is 25.2 Å². The van der Waals surface area contributed by atoms with E-state index in [0.717, 1.165) is 5.69 Å². The van der Waals surface area contributed by atoms with E-state index in [9.17, 15) is 4.79 Å². The zero-order valence-corrected chi connectivity index (χ0v) is 13.9. The van der Waals surface area contributed by atoms with Crippen molar-refractivity contribution >= 4 is 34.1 Å². The fourth-order valence-corrected chi connectivity index (χ4v) is 2.78. The van der Waals surface area contributed by atoms with Gasteiger partial charge in [-0.2, -0.15) is 0 Å². The maximum atomic E-state index is 12.1. The van der Waals surface area contributed by atoms with Gasteiger partial charge in [-0.3, -0.25) is 14.7 Å². The number of hydrogen-bond acceptors (Lipinski definition) is 4. The molecule has 0 aliphatic rings. The molecule has 0 unspecified atom stereocenters. The van der Waals surface area contributed by atoms with Gasteiger partial charge in [-0.15, -0.1) is 0 Å². The summed E-state index contributed by atoms with van der Waals surface area (Å²) in [6.45, 7) is 0.993. The lowest BCUT2D eigenvalue weighted by atomic mass is 10.2. The van der Waals surface area contributed by atoms with Gasteiger partial charge in [0.15, 0.2) is 0 Å². The zero-order valence-electron chi connectivity index (χ0n) is 12.4. The smallest absolute Gasteiger partial charge is 0.258 e. The van der Waals surface area contributed by atoms with Crippen LogP contribution in [0.2, 0.25) is 10.0 Å². The van der Waals surface area contributed by atoms with E-state index in [-0.39, 0.29) is 5.56 Å². The highest BCUT2D eigenvalue weighted by molar-refractivity contribution is 6.34. The maximum absolute atomic E-state index is 12.1. The molecule has 0 amide bonds. The van der Waals surface area contributed by atoms with E-state index in [1.165, 1.54) is 0 Å². The van der Waals surface area contributed by atoms with E-state index in [0.29, 0.717) is 39.9 Å². The molecule has 1 aromatic carbocycles. The van der Waals surface area contributed by atoms with Crippen LogP contribution in [0.5, 0.6) is 0 Å². The minimum atomic E-state index is -0.137. The Labute approximate surface area is 142 Å². The number of nitrogens with one attached hydrogen (secondary N) is 1. The number of fused-ring (bicyclic) bond motifs is 1. The van der Waals surface area contributed by atoms with Crippen LogP contribution in [0.4, 0.5) is 0 Å². The third-order valence-electron chi connectivity index (χ3n) is 3.39. The summed E-state index contributed by atoms with van der Waals surface area (Å²) in [6, 6.07) is 8.92. The normalized spacial score (nSPS) is 11.3. The molecule has 3 rings (SSSR count). The molecule has 0 saturated heterocycles. The maximum Gasteiger partial charge on any atom is 0.258 e. The fourth-order valence-electron chi connectivity index (χ4n) is 2.34. The van der Waals surface area contributed by atoms with Gasteiger partial charge in [-0.1, -0.05) is 35.3 Å². The predicted octanol–water partition coefficient (Wildman–Crippen LogP) is 3.26. The van der Waals surface area contributed by atoms with Crippen molar-refractivity contribution in [3.63, 3.8) is 0 Å². The number of halogens is 2. The van der Waals surface area contributed by atoms with Crippen LogP contribution in [-0.2, 0) is 13.1 Å². The molecule has 0 aliphatic heterocycles. The quantitative estimate of drug-likeness (QED) is 0.785. The third kappa shape index (κ3) is 3.69. The lowest BCUT2D eigenvalue weighted by Gasteiger charge is -2.16. The van der Waals surface area contributed by atoms with Gasteiger partial charge in [-0.25, -0.2) is 4.98 Å². The first-order valence-electron chi connectivity index (χ1n) is 6.99. The average Bonchev–Trinajstić information content (AvgIpc) is 2.50. The molecule has 2 heterocycles. The second kappa shape index (κ2) is 6.66. The van der Waals surface area contributed by atoms with E-state index < -0.39 is 0 Å². The average molecular weight is 349 g/mol. The highest BCUT2D eigenvalue weighted by Gasteiger charge is 2.10. The Kier molecular flexibility index (Phi) is 4.61. The fraction of sp³-hybridized carbons (Fsp3) is 0.188. The molecule has 0 atom stereocenters. The predicted molar refractivity (Wildman–Crippen MR) is 91.8 cm³/mol. The first-order valence-corrected chi connectivity index (χ1v) is 7.75. The van der Waals surface area contributed by atoms with Gasteiger partial charge in [0.1, 0.15) is 5.82 Å². The molecule has 118 valence electrons. The van der Waals surface area contributed by atoms with Crippen molar-refractivity contribution in [3.05, 3.63) is 68.4 Å². The van der Waals surface area contributed by atoms with Crippen molar-refractivity contribution in [1.82, 2.24) is 19.9 Å². The van der Waals surface area contributed by atoms with Crippen LogP contribution in [0, 0.1) is 0 Å². The number of hydrogen-bond donors (Lipinski definition) is 1. The number of nitrogens with zero attached hydrogens (tertiary/aromatic N) is 3. The summed E-state index contributed by atoms with van der Waals surface area (Å²) < 4.78 is 0. The van der Waals surface area contributed by atoms with Crippen molar-refractivity contribution in [1.29, 1.82) is 0 Å². The zero-order chi connectivity index (χ0) is 16.4. The van der Waals surface area contributed by atoms with Gasteiger partial charge in [0, 0.05) is 12.7 Å². The minimum absolute atomic E-state index is 0.137. The topological polar surface area (TPSA) is 61.9 Å². The van der Waals surface area contributed by atoms with Gasteiger partial charge in [0.05, 0.1) is 33.2 Å². The molecule has 0 aliphatic carbocycles. The molecule has 0 bridgehead atoms. The molecule has 5 nitrogen and oxygen atoms in total. The van der Waals surface area contributed by atoms with Crippen LogP contribution in [0.1, 0.15) is 11.5 Å². The van der Waals surface area contributed by atoms with Gasteiger partial charge in [0.2, 0.25) is 0 Å². The number of para-hydroxylation sites is 1. The van der Waals surface area contributed by atoms with Crippen LogP contribution in [0.3, 0.4) is 0 Å². The number of aromatic nitrogens is 3. The summed E-state index contributed by atoms with van der Waals surface area (Å²) in [6.07, 6.45) is 1.56. The van der Waals surface area contributed by atoms with Crippen LogP contribution >= 0.6 is 23.2 Å². The van der Waals surface area contributed by atoms with Crippen LogP contribution in [-0.4, -0.2) is 26.9 Å². The standard InChI is InChI=1S/C16H14Cl2N4O/c1-22(8-14-12(18)6-10(17)7-19-14)9-15-20-13-5-3-2-4-11(13)16(23)21-15/h2-7H,8-9H2,1H3,(H,20,21,23). The molecule has 23 heavy (non-hydrogen) atoms. The van der Waals surface area contributed by atoms with Crippen molar-refractivity contribution in [2.24, 2.45) is 0 Å². The summed E-state index contributed by atoms with van der Waals surface area (Å²) in [5, 5.41) is 1.60. The van der Waals surface area contributed by atoms with E-state index in [1.807, 2.05) is 30.1 Å². The monoisotopic (exact) mass is 348 g/mol. The lowest BCUT2D eigenvalue weighted by Crippen LogP contribution is -2.22. The summed E-state index contributed by atoms with van der Waals surface area (Å²) in [5.74, 6) is 0.598. The first-order chi connectivity index (χ1) is 11.0. The highest BCUT2D eigenvalue weighted by atomic mass is 35.5. The van der Waals surface area contributed by atoms with Crippen LogP contribution in [0.25, 0.3) is 10.9 Å². The Bertz CT molecular complexity index is 910. The number of pyridine rings is 1. The molecule has 0 fully saturated rings. The number of H-pyrrole nitrogens is 1. The highest BCUT2D eigenvalue weighted by Crippen LogP contribution is 2.19. The number of aromatic amines is 1. The second-order valence-corrected chi connectivity index (χ2v) is 6.13. The number of rotatable bonds is 4. The van der Waals surface area contributed by atoms with E-state index in [2.05, 4.69) is 15.0 Å². The Balaban J connectivity index is 1.80. The van der Waals surface area contributed by atoms with Gasteiger partial charge >= 0.3 is 0 Å². The van der Waals surface area contributed by atoms with E-state index in [4.69, 9.17) is 23.2 Å². The molecule has 3 aromatic rings. The van der Waals surface area contributed by atoms with Crippen molar-refractivity contribution in [2.45, 2.75) is 13.1 Å². The van der Waals surface area contributed by atoms with Crippen molar-refractivity contribution < 1.29 is 0 Å². The molecule has 0 saturated carbocycles.